The Morgan fingerprint density at radius 2 is 0.651 bits per heavy atom. The molecule has 4 aliphatic rings. The first-order valence-corrected chi connectivity index (χ1v) is 20.6. The molecule has 0 saturated heterocycles. The normalized spacial score (nSPS) is 11.1. The summed E-state index contributed by atoms with van der Waals surface area (Å²) in [6, 6.07) is 26.9. The first-order chi connectivity index (χ1) is 29.6. The van der Waals surface area contributed by atoms with Crippen LogP contribution in [-0.2, 0) is 0 Å². The van der Waals surface area contributed by atoms with Crippen molar-refractivity contribution in [2.24, 2.45) is 0 Å². The molecule has 0 heterocycles. The summed E-state index contributed by atoms with van der Waals surface area (Å²) in [6.07, 6.45) is 0. The Hall–Kier alpha value is -6.21. The van der Waals surface area contributed by atoms with Crippen molar-refractivity contribution >= 4 is 104 Å². The predicted molar refractivity (Wildman–Crippen MR) is 264 cm³/mol. The Labute approximate surface area is 383 Å². The molecular weight excluding hydrogens is 1030 g/mol. The fourth-order valence-corrected chi connectivity index (χ4v) is 9.01. The van der Waals surface area contributed by atoms with Crippen LogP contribution in [0.1, 0.15) is 18.6 Å². The largest absolute Gasteiger partial charge is 0.569 e. The zero-order valence-corrected chi connectivity index (χ0v) is 36.4. The van der Waals surface area contributed by atoms with E-state index in [-0.39, 0.29) is 50.5 Å². The molecule has 2 radical (unpaired) electrons. The molecule has 4 aliphatic carbocycles. The highest BCUT2D eigenvalue weighted by Gasteiger charge is 2.27. The second kappa shape index (κ2) is 17.5. The molecule has 6 aromatic carbocycles. The molecule has 16 heteroatoms. The molecule has 0 spiro atoms. The van der Waals surface area contributed by atoms with Crippen molar-refractivity contribution in [1.82, 2.24) is 0 Å². The van der Waals surface area contributed by atoms with Crippen LogP contribution in [0.2, 0.25) is 0 Å². The summed E-state index contributed by atoms with van der Waals surface area (Å²) < 4.78 is 10.6. The van der Waals surface area contributed by atoms with Gasteiger partial charge in [-0.2, -0.15) is 0 Å². The maximum atomic E-state index is 12.9. The van der Waals surface area contributed by atoms with Crippen LogP contribution < -0.4 is 52.7 Å². The minimum Gasteiger partial charge on any atom is -0.537 e. The van der Waals surface area contributed by atoms with E-state index >= 15 is 0 Å². The molecule has 0 aliphatic heterocycles. The summed E-state index contributed by atoms with van der Waals surface area (Å²) in [7, 11) is 1.18. The predicted octanol–water partition coefficient (Wildman–Crippen LogP) is 5.33. The average Bonchev–Trinajstić information content (AvgIpc) is 3.26. The third-order valence-corrected chi connectivity index (χ3v) is 11.7. The molecule has 0 bridgehead atoms. The lowest BCUT2D eigenvalue weighted by molar-refractivity contribution is 0.446. The zero-order chi connectivity index (χ0) is 44.3. The van der Waals surface area contributed by atoms with Crippen molar-refractivity contribution in [3.05, 3.63) is 197 Å². The lowest BCUT2D eigenvalue weighted by Crippen LogP contribution is -2.31. The SMILES string of the molecule is C.Cc1ccc(-c2cc3c4c(c2)c(=O)c(=O)c2cc(C)cc(c2-4)c(=O)c3=O)cc1.O=c1c(=O)c2cc(I)cc3c2-c2c1cc(I)cc2c(=O)c3=O.O[B]Oc1ccc(O[B]O)cc1. The quantitative estimate of drug-likeness (QED) is 0.0976. The highest BCUT2D eigenvalue weighted by atomic mass is 127. The second-order valence-electron chi connectivity index (χ2n) is 14.4. The molecule has 0 atom stereocenters. The van der Waals surface area contributed by atoms with Crippen LogP contribution in [0.3, 0.4) is 0 Å². The Bertz CT molecular complexity index is 3460. The maximum Gasteiger partial charge on any atom is 0.569 e. The van der Waals surface area contributed by atoms with Crippen molar-refractivity contribution < 1.29 is 19.4 Å². The molecule has 2 N–H and O–H groups in total. The van der Waals surface area contributed by atoms with Crippen molar-refractivity contribution in [3.8, 4) is 44.9 Å². The molecule has 12 nitrogen and oxygen atoms in total. The number of rotatable bonds is 5. The Kier molecular flexibility index (Phi) is 12.5. The molecule has 6 aromatic rings. The van der Waals surface area contributed by atoms with E-state index in [4.69, 9.17) is 10.0 Å². The maximum absolute atomic E-state index is 12.9. The van der Waals surface area contributed by atoms with E-state index in [0.29, 0.717) is 67.4 Å². The monoisotopic (exact) mass is 1060 g/mol. The van der Waals surface area contributed by atoms with Crippen molar-refractivity contribution in [2.45, 2.75) is 21.3 Å². The van der Waals surface area contributed by atoms with E-state index in [1.165, 1.54) is 0 Å². The minimum absolute atomic E-state index is 0. The average molecular weight is 1060 g/mol. The van der Waals surface area contributed by atoms with Crippen molar-refractivity contribution in [3.63, 3.8) is 0 Å². The smallest absolute Gasteiger partial charge is 0.537 e. The van der Waals surface area contributed by atoms with Crippen LogP contribution in [0.25, 0.3) is 76.5 Å². The van der Waals surface area contributed by atoms with Gasteiger partial charge in [-0.3, -0.25) is 38.4 Å². The van der Waals surface area contributed by atoms with Gasteiger partial charge in [-0.05, 0) is 149 Å². The Morgan fingerprint density at radius 1 is 0.381 bits per heavy atom. The molecular formula is C47H28B2I2O12. The van der Waals surface area contributed by atoms with Crippen molar-refractivity contribution in [2.75, 3.05) is 0 Å². The van der Waals surface area contributed by atoms with E-state index in [1.54, 1.807) is 79.7 Å². The highest BCUT2D eigenvalue weighted by molar-refractivity contribution is 14.1. The van der Waals surface area contributed by atoms with Crippen LogP contribution in [0.4, 0.5) is 0 Å². The lowest BCUT2D eigenvalue weighted by atomic mass is 9.84. The fraction of sp³-hybridized carbons (Fsp3) is 0.0638. The van der Waals surface area contributed by atoms with Gasteiger partial charge in [0.25, 0.3) is 0 Å². The number of hydrogen-bond acceptors (Lipinski definition) is 12. The van der Waals surface area contributed by atoms with Gasteiger partial charge in [-0.1, -0.05) is 37.3 Å². The van der Waals surface area contributed by atoms with Gasteiger partial charge in [0.1, 0.15) is 11.5 Å². The summed E-state index contributed by atoms with van der Waals surface area (Å²) in [6.45, 7) is 3.70. The number of hydrogen-bond donors (Lipinski definition) is 2. The third-order valence-electron chi connectivity index (χ3n) is 10.5. The van der Waals surface area contributed by atoms with Gasteiger partial charge in [0, 0.05) is 72.5 Å². The standard InChI is InChI=1S/C24H14O4.C16H4I2O4.C6H6B2O4.CH4/c1-11-3-5-13(6-4-11)14-9-17-20-18(10-14)24(28)22(26)16-8-12(2)7-15(19(16)20)21(25)23(17)27;17-5-1-7-11-8(2-5)15(21)16(22)10-4-6(18)3-9(12(10)11)14(20)13(7)19;9-7-11-5-1-2-6(4-3-5)12-8-10;/h3-10H,1-2H3;1-4H;1-4,9-10H;1H4. The van der Waals surface area contributed by atoms with Crippen LogP contribution in [0.15, 0.2) is 135 Å². The van der Waals surface area contributed by atoms with E-state index in [1.807, 2.05) is 76.4 Å². The minimum atomic E-state index is -0.642. The van der Waals surface area contributed by atoms with Crippen LogP contribution >= 0.6 is 45.2 Å². The summed E-state index contributed by atoms with van der Waals surface area (Å²) in [5.41, 5.74) is -0.197. The number of halogens is 2. The van der Waals surface area contributed by atoms with E-state index in [9.17, 15) is 38.4 Å². The topological polar surface area (TPSA) is 195 Å². The van der Waals surface area contributed by atoms with E-state index < -0.39 is 43.4 Å². The number of benzene rings is 10. The molecule has 0 unspecified atom stereocenters. The van der Waals surface area contributed by atoms with E-state index in [2.05, 4.69) is 9.31 Å². The Balaban J connectivity index is 0.000000152. The van der Waals surface area contributed by atoms with Gasteiger partial charge in [0.15, 0.2) is 0 Å². The lowest BCUT2D eigenvalue weighted by Gasteiger charge is -2.16. The van der Waals surface area contributed by atoms with Gasteiger partial charge in [0.2, 0.25) is 43.4 Å². The molecule has 0 fully saturated rings. The first kappa shape index (κ1) is 44.8. The molecule has 0 amide bonds. The Morgan fingerprint density at radius 3 is 0.937 bits per heavy atom. The van der Waals surface area contributed by atoms with Gasteiger partial charge < -0.3 is 19.4 Å². The summed E-state index contributed by atoms with van der Waals surface area (Å²) in [5, 5.41) is 18.2. The molecule has 0 saturated carbocycles. The summed E-state index contributed by atoms with van der Waals surface area (Å²) in [4.78, 5) is 101. The molecule has 10 rings (SSSR count). The molecule has 63 heavy (non-hydrogen) atoms. The second-order valence-corrected chi connectivity index (χ2v) is 16.8. The number of aryl methyl sites for hydroxylation is 2. The van der Waals surface area contributed by atoms with Gasteiger partial charge >= 0.3 is 15.4 Å². The third kappa shape index (κ3) is 7.81. The molecule has 308 valence electrons. The summed E-state index contributed by atoms with van der Waals surface area (Å²) in [5.74, 6) is 0.977. The fourth-order valence-electron chi connectivity index (χ4n) is 7.76. The van der Waals surface area contributed by atoms with Crippen LogP contribution in [-0.4, -0.2) is 25.4 Å². The van der Waals surface area contributed by atoms with Crippen LogP contribution in [0, 0.1) is 21.0 Å². The van der Waals surface area contributed by atoms with E-state index in [0.717, 1.165) is 11.1 Å². The van der Waals surface area contributed by atoms with Gasteiger partial charge in [-0.25, -0.2) is 0 Å². The van der Waals surface area contributed by atoms with Crippen molar-refractivity contribution in [1.29, 1.82) is 0 Å². The zero-order valence-electron chi connectivity index (χ0n) is 32.1. The molecule has 0 aromatic heterocycles. The highest BCUT2D eigenvalue weighted by Crippen LogP contribution is 2.38. The van der Waals surface area contributed by atoms with Gasteiger partial charge in [-0.15, -0.1) is 0 Å². The van der Waals surface area contributed by atoms with Crippen LogP contribution in [0.5, 0.6) is 11.5 Å². The first-order valence-electron chi connectivity index (χ1n) is 18.4. The van der Waals surface area contributed by atoms with Gasteiger partial charge in [0.05, 0.1) is 0 Å². The summed E-state index contributed by atoms with van der Waals surface area (Å²) >= 11 is 3.93.